The van der Waals surface area contributed by atoms with Crippen LogP contribution in [-0.4, -0.2) is 8.07 Å². The Kier molecular flexibility index (Phi) is 3.70. The molecule has 1 heteroatoms. The van der Waals surface area contributed by atoms with Crippen molar-refractivity contribution < 1.29 is 0 Å². The molecule has 1 atom stereocenters. The lowest BCUT2D eigenvalue weighted by Gasteiger charge is -2.28. The fraction of sp³-hybridized carbons (Fsp3) is 0.385. The Hall–Kier alpha value is -0.823. The molecular weight excluding hydrogens is 184 g/mol. The van der Waals surface area contributed by atoms with Gasteiger partial charge in [0.25, 0.3) is 0 Å². The van der Waals surface area contributed by atoms with E-state index in [9.17, 15) is 0 Å². The summed E-state index contributed by atoms with van der Waals surface area (Å²) >= 11 is 0. The van der Waals surface area contributed by atoms with Gasteiger partial charge in [-0.3, -0.25) is 0 Å². The fourth-order valence-corrected chi connectivity index (χ4v) is 3.91. The molecule has 1 aromatic carbocycles. The summed E-state index contributed by atoms with van der Waals surface area (Å²) in [7, 11) is -1.29. The van der Waals surface area contributed by atoms with Crippen LogP contribution in [-0.2, 0) is 0 Å². The van der Waals surface area contributed by atoms with Crippen LogP contribution in [0.15, 0.2) is 42.5 Å². The zero-order valence-corrected chi connectivity index (χ0v) is 10.6. The van der Waals surface area contributed by atoms with Crippen molar-refractivity contribution in [2.45, 2.75) is 32.5 Å². The van der Waals surface area contributed by atoms with E-state index in [4.69, 9.17) is 0 Å². The molecule has 0 unspecified atom stereocenters. The number of allylic oxidation sites excluding steroid dienone is 2. The standard InChI is InChI=1S/C13H20Si/c1-5-9-12(2)14(3,4)13-10-7-6-8-11-13/h5-12H,1-4H3/b9-5+/t12-/m0/s1. The van der Waals surface area contributed by atoms with Gasteiger partial charge in [0.15, 0.2) is 0 Å². The van der Waals surface area contributed by atoms with Crippen molar-refractivity contribution in [2.24, 2.45) is 0 Å². The van der Waals surface area contributed by atoms with Crippen molar-refractivity contribution in [3.05, 3.63) is 42.5 Å². The molecule has 1 rings (SSSR count). The molecule has 0 nitrogen and oxygen atoms in total. The maximum absolute atomic E-state index is 2.44. The van der Waals surface area contributed by atoms with Crippen LogP contribution in [0, 0.1) is 0 Å². The van der Waals surface area contributed by atoms with Crippen LogP contribution in [0.5, 0.6) is 0 Å². The maximum atomic E-state index is 2.44. The van der Waals surface area contributed by atoms with Crippen LogP contribution < -0.4 is 5.19 Å². The first-order valence-electron chi connectivity index (χ1n) is 5.27. The van der Waals surface area contributed by atoms with E-state index >= 15 is 0 Å². The Morgan fingerprint density at radius 1 is 1.14 bits per heavy atom. The number of hydrogen-bond acceptors (Lipinski definition) is 0. The zero-order chi connectivity index (χ0) is 10.6. The van der Waals surface area contributed by atoms with Crippen LogP contribution in [0.1, 0.15) is 13.8 Å². The summed E-state index contributed by atoms with van der Waals surface area (Å²) in [5, 5.41) is 1.55. The molecule has 0 radical (unpaired) electrons. The number of hydrogen-bond donors (Lipinski definition) is 0. The quantitative estimate of drug-likeness (QED) is 0.521. The normalized spacial score (nSPS) is 14.6. The third-order valence-corrected chi connectivity index (χ3v) is 7.43. The van der Waals surface area contributed by atoms with E-state index in [-0.39, 0.29) is 0 Å². The lowest BCUT2D eigenvalue weighted by molar-refractivity contribution is 1.13. The third-order valence-electron chi connectivity index (χ3n) is 3.14. The Morgan fingerprint density at radius 2 is 1.71 bits per heavy atom. The highest BCUT2D eigenvalue weighted by molar-refractivity contribution is 6.91. The van der Waals surface area contributed by atoms with Gasteiger partial charge in [-0.15, -0.1) is 0 Å². The SMILES string of the molecule is C/C=C/[C@H](C)[Si](C)(C)c1ccccc1. The van der Waals surface area contributed by atoms with Crippen LogP contribution in [0.3, 0.4) is 0 Å². The van der Waals surface area contributed by atoms with E-state index in [2.05, 4.69) is 69.4 Å². The molecule has 0 aromatic heterocycles. The summed E-state index contributed by atoms with van der Waals surface area (Å²) in [6.45, 7) is 9.31. The molecule has 0 aliphatic carbocycles. The van der Waals surface area contributed by atoms with Crippen molar-refractivity contribution in [1.82, 2.24) is 0 Å². The monoisotopic (exact) mass is 204 g/mol. The first-order chi connectivity index (χ1) is 6.59. The Balaban J connectivity index is 2.95. The minimum atomic E-state index is -1.29. The van der Waals surface area contributed by atoms with Gasteiger partial charge >= 0.3 is 0 Å². The minimum Gasteiger partial charge on any atom is -0.0917 e. The summed E-state index contributed by atoms with van der Waals surface area (Å²) in [4.78, 5) is 0. The second-order valence-corrected chi connectivity index (χ2v) is 9.33. The van der Waals surface area contributed by atoms with E-state index in [1.807, 2.05) is 0 Å². The molecular formula is C13H20Si. The Labute approximate surface area is 88.7 Å². The third kappa shape index (κ3) is 2.35. The van der Waals surface area contributed by atoms with Crippen molar-refractivity contribution in [1.29, 1.82) is 0 Å². The Bertz CT molecular complexity index is 298. The largest absolute Gasteiger partial charge is 0.0917 e. The molecule has 0 saturated carbocycles. The molecule has 0 fully saturated rings. The molecule has 0 aliphatic rings. The second kappa shape index (κ2) is 4.60. The van der Waals surface area contributed by atoms with Gasteiger partial charge in [-0.25, -0.2) is 0 Å². The smallest absolute Gasteiger partial charge is 0.0871 e. The van der Waals surface area contributed by atoms with Crippen LogP contribution in [0.4, 0.5) is 0 Å². The molecule has 0 heterocycles. The minimum absolute atomic E-state index is 0.704. The first kappa shape index (κ1) is 11.3. The van der Waals surface area contributed by atoms with Crippen molar-refractivity contribution in [3.63, 3.8) is 0 Å². The fourth-order valence-electron chi connectivity index (χ4n) is 1.66. The highest BCUT2D eigenvalue weighted by Gasteiger charge is 2.28. The van der Waals surface area contributed by atoms with Gasteiger partial charge in [0.05, 0.1) is 8.07 Å². The first-order valence-corrected chi connectivity index (χ1v) is 8.35. The molecule has 0 bridgehead atoms. The van der Waals surface area contributed by atoms with Gasteiger partial charge in [0.2, 0.25) is 0 Å². The van der Waals surface area contributed by atoms with Crippen LogP contribution in [0.2, 0.25) is 18.6 Å². The van der Waals surface area contributed by atoms with Gasteiger partial charge < -0.3 is 0 Å². The Morgan fingerprint density at radius 3 is 2.21 bits per heavy atom. The average Bonchev–Trinajstić information content (AvgIpc) is 2.19. The number of rotatable bonds is 3. The van der Waals surface area contributed by atoms with Crippen molar-refractivity contribution >= 4 is 13.3 Å². The van der Waals surface area contributed by atoms with E-state index in [0.717, 1.165) is 0 Å². The number of benzene rings is 1. The van der Waals surface area contributed by atoms with Gasteiger partial charge in [0, 0.05) is 0 Å². The molecule has 0 N–H and O–H groups in total. The molecule has 0 amide bonds. The lowest BCUT2D eigenvalue weighted by Crippen LogP contribution is -2.44. The summed E-state index contributed by atoms with van der Waals surface area (Å²) in [6, 6.07) is 10.9. The predicted octanol–water partition coefficient (Wildman–Crippen LogP) is 3.57. The molecule has 0 saturated heterocycles. The topological polar surface area (TPSA) is 0 Å². The zero-order valence-electron chi connectivity index (χ0n) is 9.62. The van der Waals surface area contributed by atoms with Crippen LogP contribution in [0.25, 0.3) is 0 Å². The van der Waals surface area contributed by atoms with Gasteiger partial charge in [-0.1, -0.05) is 67.7 Å². The van der Waals surface area contributed by atoms with E-state index in [1.165, 1.54) is 0 Å². The van der Waals surface area contributed by atoms with E-state index in [1.54, 1.807) is 5.19 Å². The molecule has 0 spiro atoms. The van der Waals surface area contributed by atoms with Gasteiger partial charge in [-0.05, 0) is 12.5 Å². The molecule has 0 aliphatic heterocycles. The van der Waals surface area contributed by atoms with E-state index < -0.39 is 8.07 Å². The molecule has 1 aromatic rings. The van der Waals surface area contributed by atoms with Crippen molar-refractivity contribution in [3.8, 4) is 0 Å². The van der Waals surface area contributed by atoms with Crippen molar-refractivity contribution in [2.75, 3.05) is 0 Å². The summed E-state index contributed by atoms with van der Waals surface area (Å²) in [6.07, 6.45) is 4.50. The summed E-state index contributed by atoms with van der Waals surface area (Å²) < 4.78 is 0. The predicted molar refractivity (Wildman–Crippen MR) is 67.8 cm³/mol. The highest BCUT2D eigenvalue weighted by atomic mass is 28.3. The molecule has 76 valence electrons. The summed E-state index contributed by atoms with van der Waals surface area (Å²) in [5.41, 5.74) is 0.704. The van der Waals surface area contributed by atoms with Gasteiger partial charge in [-0.2, -0.15) is 0 Å². The molecule has 14 heavy (non-hydrogen) atoms. The second-order valence-electron chi connectivity index (χ2n) is 4.40. The van der Waals surface area contributed by atoms with E-state index in [0.29, 0.717) is 5.54 Å². The van der Waals surface area contributed by atoms with Gasteiger partial charge in [0.1, 0.15) is 0 Å². The van der Waals surface area contributed by atoms with Crippen LogP contribution >= 0.6 is 0 Å². The average molecular weight is 204 g/mol. The summed E-state index contributed by atoms with van der Waals surface area (Å²) in [5.74, 6) is 0. The highest BCUT2D eigenvalue weighted by Crippen LogP contribution is 2.22. The maximum Gasteiger partial charge on any atom is 0.0871 e. The lowest BCUT2D eigenvalue weighted by atomic mass is 10.4.